The van der Waals surface area contributed by atoms with E-state index in [2.05, 4.69) is 0 Å². The highest BCUT2D eigenvalue weighted by atomic mass is 16.5. The highest BCUT2D eigenvalue weighted by molar-refractivity contribution is 6.24. The molecule has 4 amide bonds. The molecule has 2 heterocycles. The van der Waals surface area contributed by atoms with Crippen molar-refractivity contribution >= 4 is 65.4 Å². The predicted molar refractivity (Wildman–Crippen MR) is 257 cm³/mol. The van der Waals surface area contributed by atoms with Crippen LogP contribution >= 0.6 is 0 Å². The van der Waals surface area contributed by atoms with Crippen molar-refractivity contribution in [2.45, 2.75) is 12.8 Å². The number of amides is 4. The Hall–Kier alpha value is -7.86. The summed E-state index contributed by atoms with van der Waals surface area (Å²) in [4.78, 5) is 60.9. The van der Waals surface area contributed by atoms with Crippen molar-refractivity contribution in [1.29, 1.82) is 0 Å². The van der Waals surface area contributed by atoms with E-state index < -0.39 is 35.5 Å². The molecule has 340 valence electrons. The van der Waals surface area contributed by atoms with Crippen LogP contribution in [0.25, 0.3) is 30.4 Å². The van der Waals surface area contributed by atoms with Crippen LogP contribution in [-0.4, -0.2) is 64.3 Å². The fourth-order valence-electron chi connectivity index (χ4n) is 10.2. The van der Waals surface area contributed by atoms with E-state index in [-0.39, 0.29) is 41.5 Å². The SMILES string of the molecule is COc1ccc(OC)c(C=Cc2ccc(N3C(=O)[C@H]4[C@H](CC=C5[C@H]4C[C@H]4C(=O)N(c6ccc(C=Cc7cc(OC)ccc7OC)cc6)C(=O)[C@H]4[C@H]5C=Cc4ccc(O)c(OC)c4)C3=O)cc2)c1. The van der Waals surface area contributed by atoms with Crippen LogP contribution < -0.4 is 33.5 Å². The van der Waals surface area contributed by atoms with Gasteiger partial charge in [-0.15, -0.1) is 0 Å². The summed E-state index contributed by atoms with van der Waals surface area (Å²) >= 11 is 0. The molecule has 3 fully saturated rings. The summed E-state index contributed by atoms with van der Waals surface area (Å²) in [5.41, 5.74) is 5.83. The third-order valence-electron chi connectivity index (χ3n) is 13.5. The van der Waals surface area contributed by atoms with Gasteiger partial charge in [0.2, 0.25) is 23.6 Å². The van der Waals surface area contributed by atoms with E-state index in [0.717, 1.165) is 27.8 Å². The zero-order chi connectivity index (χ0) is 46.9. The molecule has 2 aliphatic heterocycles. The maximum absolute atomic E-state index is 14.7. The van der Waals surface area contributed by atoms with E-state index >= 15 is 0 Å². The van der Waals surface area contributed by atoms with Gasteiger partial charge in [0.25, 0.3) is 0 Å². The molecule has 67 heavy (non-hydrogen) atoms. The molecule has 12 heteroatoms. The molecule has 0 bridgehead atoms. The predicted octanol–water partition coefficient (Wildman–Crippen LogP) is 9.37. The number of allylic oxidation sites excluding steroid dienone is 3. The van der Waals surface area contributed by atoms with Crippen LogP contribution in [0.3, 0.4) is 0 Å². The Morgan fingerprint density at radius 1 is 0.493 bits per heavy atom. The minimum Gasteiger partial charge on any atom is -0.504 e. The van der Waals surface area contributed by atoms with Crippen molar-refractivity contribution < 1.29 is 48.0 Å². The number of carbonyl (C=O) groups is 4. The Balaban J connectivity index is 1.00. The Kier molecular flexibility index (Phi) is 12.3. The topological polar surface area (TPSA) is 141 Å². The van der Waals surface area contributed by atoms with Crippen molar-refractivity contribution in [3.05, 3.63) is 149 Å². The number of imide groups is 2. The van der Waals surface area contributed by atoms with E-state index in [9.17, 15) is 24.3 Å². The van der Waals surface area contributed by atoms with Gasteiger partial charge in [0.15, 0.2) is 11.5 Å². The molecular formula is C55H50N2O10. The first-order valence-corrected chi connectivity index (χ1v) is 22.1. The first-order valence-electron chi connectivity index (χ1n) is 22.1. The van der Waals surface area contributed by atoms with Gasteiger partial charge in [-0.1, -0.05) is 78.4 Å². The van der Waals surface area contributed by atoms with Crippen LogP contribution in [0.15, 0.2) is 121 Å². The number of methoxy groups -OCH3 is 5. The maximum atomic E-state index is 14.7. The normalized spacial score (nSPS) is 22.3. The number of fused-ring (bicyclic) bond motifs is 4. The third kappa shape index (κ3) is 8.24. The van der Waals surface area contributed by atoms with Gasteiger partial charge >= 0.3 is 0 Å². The van der Waals surface area contributed by atoms with Gasteiger partial charge in [0, 0.05) is 17.0 Å². The molecule has 12 nitrogen and oxygen atoms in total. The number of benzene rings is 5. The summed E-state index contributed by atoms with van der Waals surface area (Å²) in [7, 11) is 7.88. The fourth-order valence-corrected chi connectivity index (χ4v) is 10.2. The number of hydrogen-bond acceptors (Lipinski definition) is 10. The fraction of sp³-hybridized carbons (Fsp3) is 0.236. The number of anilines is 2. The highest BCUT2D eigenvalue weighted by Crippen LogP contribution is 2.56. The second-order valence-electron chi connectivity index (χ2n) is 17.0. The second-order valence-corrected chi connectivity index (χ2v) is 17.0. The molecule has 2 saturated heterocycles. The highest BCUT2D eigenvalue weighted by Gasteiger charge is 2.61. The lowest BCUT2D eigenvalue weighted by Crippen LogP contribution is -2.43. The van der Waals surface area contributed by atoms with Gasteiger partial charge < -0.3 is 28.8 Å². The lowest BCUT2D eigenvalue weighted by atomic mass is 9.58. The number of carbonyl (C=O) groups excluding carboxylic acids is 4. The Labute approximate surface area is 389 Å². The molecule has 2 aliphatic carbocycles. The van der Waals surface area contributed by atoms with E-state index in [0.29, 0.717) is 46.4 Å². The van der Waals surface area contributed by atoms with E-state index in [1.54, 1.807) is 64.8 Å². The number of nitrogens with zero attached hydrogens (tertiary/aromatic N) is 2. The third-order valence-corrected chi connectivity index (χ3v) is 13.5. The summed E-state index contributed by atoms with van der Waals surface area (Å²) in [5.74, 6) is -2.10. The van der Waals surface area contributed by atoms with Crippen molar-refractivity contribution in [2.24, 2.45) is 35.5 Å². The number of ether oxygens (including phenoxy) is 5. The molecule has 0 radical (unpaired) electrons. The summed E-state index contributed by atoms with van der Waals surface area (Å²) in [6.07, 6.45) is 14.0. The number of rotatable bonds is 13. The van der Waals surface area contributed by atoms with E-state index in [1.807, 2.05) is 103 Å². The molecule has 1 saturated carbocycles. The number of phenols is 1. The lowest BCUT2D eigenvalue weighted by molar-refractivity contribution is -0.126. The zero-order valence-corrected chi connectivity index (χ0v) is 37.8. The molecule has 9 rings (SSSR count). The first-order chi connectivity index (χ1) is 32.5. The molecule has 0 aromatic heterocycles. The summed E-state index contributed by atoms with van der Waals surface area (Å²) in [6.45, 7) is 0. The van der Waals surface area contributed by atoms with Crippen LogP contribution in [0.1, 0.15) is 40.7 Å². The van der Waals surface area contributed by atoms with Crippen molar-refractivity contribution in [2.75, 3.05) is 45.3 Å². The largest absolute Gasteiger partial charge is 0.504 e. The molecule has 5 aromatic rings. The van der Waals surface area contributed by atoms with Crippen molar-refractivity contribution in [3.8, 4) is 34.5 Å². The second kappa shape index (κ2) is 18.6. The van der Waals surface area contributed by atoms with Crippen molar-refractivity contribution in [1.82, 2.24) is 0 Å². The number of phenolic OH excluding ortho intramolecular Hbond substituents is 1. The summed E-state index contributed by atoms with van der Waals surface area (Å²) in [5, 5.41) is 10.3. The molecule has 0 unspecified atom stereocenters. The van der Waals surface area contributed by atoms with Gasteiger partial charge in [0.1, 0.15) is 23.0 Å². The maximum Gasteiger partial charge on any atom is 0.238 e. The first kappa shape index (κ1) is 44.3. The molecule has 5 aromatic carbocycles. The molecule has 6 atom stereocenters. The quantitative estimate of drug-likeness (QED) is 0.0691. The molecular weight excluding hydrogens is 849 g/mol. The minimum absolute atomic E-state index is 0.0128. The standard InChI is InChI=1S/C55H50N2O10/c1-63-39-20-26-47(65-3)35(29-39)14-6-32-8-16-37(17-9-32)56-52(59)43-24-23-41-42(22-12-34-13-25-46(58)49(28-34)67-5)50-45(31-44(41)51(43)55(56)62)53(60)57(54(50)61)38-18-10-33(11-19-38)7-15-36-30-40(64-2)21-27-48(36)66-4/h6-23,25-30,42-45,50-51,58H,24,31H2,1-5H3/t42-,43-,44+,45+,50-,51-/m0/s1. The summed E-state index contributed by atoms with van der Waals surface area (Å²) < 4.78 is 27.2. The number of hydrogen-bond donors (Lipinski definition) is 1. The lowest BCUT2D eigenvalue weighted by Gasteiger charge is -2.42. The average molecular weight is 899 g/mol. The van der Waals surface area contributed by atoms with Gasteiger partial charge in [-0.3, -0.25) is 29.0 Å². The summed E-state index contributed by atoms with van der Waals surface area (Å²) in [6, 6.07) is 30.5. The molecule has 0 spiro atoms. The van der Waals surface area contributed by atoms with Crippen LogP contribution in [0.5, 0.6) is 34.5 Å². The van der Waals surface area contributed by atoms with Gasteiger partial charge in [-0.25, -0.2) is 0 Å². The zero-order valence-electron chi connectivity index (χ0n) is 37.8. The van der Waals surface area contributed by atoms with Crippen LogP contribution in [-0.2, 0) is 19.2 Å². The Bertz CT molecular complexity index is 2880. The molecule has 1 N–H and O–H groups in total. The van der Waals surface area contributed by atoms with Crippen molar-refractivity contribution in [3.63, 3.8) is 0 Å². The van der Waals surface area contributed by atoms with Crippen LogP contribution in [0, 0.1) is 35.5 Å². The minimum atomic E-state index is -0.747. The van der Waals surface area contributed by atoms with Gasteiger partial charge in [-0.05, 0) is 108 Å². The van der Waals surface area contributed by atoms with Gasteiger partial charge in [0.05, 0.1) is 70.6 Å². The van der Waals surface area contributed by atoms with E-state index in [4.69, 9.17) is 23.7 Å². The van der Waals surface area contributed by atoms with Crippen LogP contribution in [0.4, 0.5) is 11.4 Å². The number of aromatic hydroxyl groups is 1. The van der Waals surface area contributed by atoms with E-state index in [1.165, 1.54) is 23.0 Å². The Morgan fingerprint density at radius 2 is 1.00 bits per heavy atom. The smallest absolute Gasteiger partial charge is 0.238 e. The molecule has 4 aliphatic rings. The van der Waals surface area contributed by atoms with Gasteiger partial charge in [-0.2, -0.15) is 0 Å². The average Bonchev–Trinajstić information content (AvgIpc) is 3.77. The van der Waals surface area contributed by atoms with Crippen LogP contribution in [0.2, 0.25) is 0 Å². The Morgan fingerprint density at radius 3 is 1.52 bits per heavy atom. The monoisotopic (exact) mass is 898 g/mol.